The number of nitrogens with zero attached hydrogens (tertiary/aromatic N) is 3. The minimum atomic E-state index is -0.399. The van der Waals surface area contributed by atoms with E-state index in [2.05, 4.69) is 9.88 Å². The Hall–Kier alpha value is -4.31. The molecule has 0 radical (unpaired) electrons. The van der Waals surface area contributed by atoms with Crippen LogP contribution in [0.25, 0.3) is 10.2 Å². The van der Waals surface area contributed by atoms with Gasteiger partial charge >= 0.3 is 12.0 Å². The molecule has 0 saturated carbocycles. The van der Waals surface area contributed by atoms with Gasteiger partial charge in [0.15, 0.2) is 0 Å². The first-order valence-electron chi connectivity index (χ1n) is 13.2. The third-order valence-corrected chi connectivity index (χ3v) is 7.97. The highest BCUT2D eigenvalue weighted by atomic mass is 32.1. The van der Waals surface area contributed by atoms with Gasteiger partial charge in [0.25, 0.3) is 5.91 Å². The van der Waals surface area contributed by atoms with E-state index >= 15 is 0 Å². The predicted octanol–water partition coefficient (Wildman–Crippen LogP) is 5.31. The minimum absolute atomic E-state index is 0.0484. The molecule has 4 aromatic rings. The van der Waals surface area contributed by atoms with Gasteiger partial charge in [-0.2, -0.15) is 0 Å². The Labute approximate surface area is 236 Å². The van der Waals surface area contributed by atoms with Gasteiger partial charge in [-0.3, -0.25) is 4.79 Å². The average Bonchev–Trinajstić information content (AvgIpc) is 3.56. The molecule has 1 aliphatic rings. The zero-order chi connectivity index (χ0) is 28.2. The number of amides is 3. The highest BCUT2D eigenvalue weighted by Gasteiger charge is 2.32. The molecule has 208 valence electrons. The molecule has 2 aromatic heterocycles. The Kier molecular flexibility index (Phi) is 8.06. The average molecular weight is 561 g/mol. The molecule has 3 amide bonds. The van der Waals surface area contributed by atoms with Gasteiger partial charge in [-0.05, 0) is 73.3 Å². The molecule has 0 bridgehead atoms. The lowest BCUT2D eigenvalue weighted by molar-refractivity contribution is 0.0525. The Bertz CT molecular complexity index is 1530. The lowest BCUT2D eigenvalue weighted by atomic mass is 10.1. The molecule has 10 heteroatoms. The Balaban J connectivity index is 1.26. The molecule has 0 aliphatic carbocycles. The summed E-state index contributed by atoms with van der Waals surface area (Å²) in [5.74, 6) is 0.329. The van der Waals surface area contributed by atoms with E-state index in [0.717, 1.165) is 21.5 Å². The summed E-state index contributed by atoms with van der Waals surface area (Å²) >= 11 is 1.61. The largest absolute Gasteiger partial charge is 0.497 e. The van der Waals surface area contributed by atoms with Gasteiger partial charge in [-0.25, -0.2) is 9.59 Å². The summed E-state index contributed by atoms with van der Waals surface area (Å²) in [6.07, 6.45) is 0. The predicted molar refractivity (Wildman–Crippen MR) is 155 cm³/mol. The maximum absolute atomic E-state index is 13.8. The normalized spacial score (nSPS) is 15.2. The first-order chi connectivity index (χ1) is 19.4. The highest BCUT2D eigenvalue weighted by Crippen LogP contribution is 2.28. The number of anilines is 1. The Morgan fingerprint density at radius 3 is 2.58 bits per heavy atom. The number of ether oxygens (including phenoxy) is 2. The van der Waals surface area contributed by atoms with Crippen LogP contribution in [0.15, 0.2) is 66.0 Å². The van der Waals surface area contributed by atoms with Gasteiger partial charge < -0.3 is 29.2 Å². The fourth-order valence-corrected chi connectivity index (χ4v) is 5.86. The SMILES string of the molecule is CCOC(=O)c1ccc(NC(=O)N2CCN(C(=O)c3cc4ccsc4n3Cc3cccc(OC)c3)C[C@@H]2C)cc1. The van der Waals surface area contributed by atoms with Crippen LogP contribution in [0.4, 0.5) is 10.5 Å². The van der Waals surface area contributed by atoms with Crippen LogP contribution in [0.1, 0.15) is 40.3 Å². The molecule has 1 saturated heterocycles. The number of hydrogen-bond donors (Lipinski definition) is 1. The van der Waals surface area contributed by atoms with Crippen molar-refractivity contribution in [2.24, 2.45) is 0 Å². The van der Waals surface area contributed by atoms with Crippen LogP contribution in [0.3, 0.4) is 0 Å². The van der Waals surface area contributed by atoms with Crippen molar-refractivity contribution < 1.29 is 23.9 Å². The van der Waals surface area contributed by atoms with E-state index in [0.29, 0.717) is 49.7 Å². The fraction of sp³-hybridized carbons (Fsp3) is 0.300. The van der Waals surface area contributed by atoms with Crippen LogP contribution < -0.4 is 10.1 Å². The molecule has 40 heavy (non-hydrogen) atoms. The number of fused-ring (bicyclic) bond motifs is 1. The number of carbonyl (C=O) groups is 3. The van der Waals surface area contributed by atoms with Crippen molar-refractivity contribution in [1.29, 1.82) is 0 Å². The van der Waals surface area contributed by atoms with Crippen LogP contribution in [-0.4, -0.2) is 71.7 Å². The van der Waals surface area contributed by atoms with Gasteiger partial charge in [-0.15, -0.1) is 11.3 Å². The maximum Gasteiger partial charge on any atom is 0.338 e. The van der Waals surface area contributed by atoms with Crippen molar-refractivity contribution in [3.8, 4) is 5.75 Å². The molecule has 3 heterocycles. The summed E-state index contributed by atoms with van der Waals surface area (Å²) in [6, 6.07) is 18.0. The van der Waals surface area contributed by atoms with Gasteiger partial charge in [-0.1, -0.05) is 12.1 Å². The maximum atomic E-state index is 13.8. The first kappa shape index (κ1) is 27.3. The van der Waals surface area contributed by atoms with Crippen molar-refractivity contribution in [2.45, 2.75) is 26.4 Å². The van der Waals surface area contributed by atoms with Crippen molar-refractivity contribution in [3.05, 3.63) is 82.9 Å². The van der Waals surface area contributed by atoms with E-state index in [1.165, 1.54) is 0 Å². The van der Waals surface area contributed by atoms with Crippen molar-refractivity contribution in [2.75, 3.05) is 38.7 Å². The van der Waals surface area contributed by atoms with E-state index in [9.17, 15) is 14.4 Å². The number of carbonyl (C=O) groups excluding carboxylic acids is 3. The quantitative estimate of drug-likeness (QED) is 0.309. The fourth-order valence-electron chi connectivity index (χ4n) is 4.97. The van der Waals surface area contributed by atoms with Crippen LogP contribution in [0, 0.1) is 0 Å². The zero-order valence-electron chi connectivity index (χ0n) is 22.8. The van der Waals surface area contributed by atoms with Gasteiger partial charge in [0.2, 0.25) is 0 Å². The summed E-state index contributed by atoms with van der Waals surface area (Å²) in [5, 5.41) is 5.97. The van der Waals surface area contributed by atoms with E-state index < -0.39 is 5.97 Å². The number of urea groups is 1. The standard InChI is InChI=1S/C30H32N4O5S/c1-4-39-29(36)22-8-10-24(11-9-22)31-30(37)33-14-13-32(18-20(33)2)27(35)26-17-23-12-15-40-28(23)34(26)19-21-6-5-7-25(16-21)38-3/h5-12,15-17,20H,4,13-14,18-19H2,1-3H3,(H,31,37)/t20-/m0/s1. The van der Waals surface area contributed by atoms with Crippen LogP contribution in [0.5, 0.6) is 5.75 Å². The van der Waals surface area contributed by atoms with E-state index in [1.807, 2.05) is 53.6 Å². The summed E-state index contributed by atoms with van der Waals surface area (Å²) in [7, 11) is 1.64. The number of aromatic nitrogens is 1. The van der Waals surface area contributed by atoms with Crippen LogP contribution in [-0.2, 0) is 11.3 Å². The molecule has 2 aromatic carbocycles. The minimum Gasteiger partial charge on any atom is -0.497 e. The molecule has 0 spiro atoms. The topological polar surface area (TPSA) is 93.1 Å². The molecule has 9 nitrogen and oxygen atoms in total. The number of benzene rings is 2. The van der Waals surface area contributed by atoms with E-state index in [-0.39, 0.29) is 18.0 Å². The third kappa shape index (κ3) is 5.67. The number of hydrogen-bond acceptors (Lipinski definition) is 6. The first-order valence-corrected chi connectivity index (χ1v) is 14.1. The van der Waals surface area contributed by atoms with Crippen molar-refractivity contribution >= 4 is 45.1 Å². The van der Waals surface area contributed by atoms with Crippen molar-refractivity contribution in [1.82, 2.24) is 14.4 Å². The monoisotopic (exact) mass is 560 g/mol. The second-order valence-corrected chi connectivity index (χ2v) is 10.6. The number of nitrogens with one attached hydrogen (secondary N) is 1. The molecular formula is C30H32N4O5S. The lowest BCUT2D eigenvalue weighted by Gasteiger charge is -2.39. The van der Waals surface area contributed by atoms with Gasteiger partial charge in [0, 0.05) is 43.3 Å². The summed E-state index contributed by atoms with van der Waals surface area (Å²) in [6.45, 7) is 5.80. The number of methoxy groups -OCH3 is 1. The van der Waals surface area contributed by atoms with Crippen LogP contribution >= 0.6 is 11.3 Å². The van der Waals surface area contributed by atoms with E-state index in [4.69, 9.17) is 9.47 Å². The number of esters is 1. The van der Waals surface area contributed by atoms with Gasteiger partial charge in [0.05, 0.1) is 19.3 Å². The third-order valence-electron chi connectivity index (χ3n) is 7.02. The smallest absolute Gasteiger partial charge is 0.338 e. The van der Waals surface area contributed by atoms with E-state index in [1.54, 1.807) is 54.5 Å². The molecule has 1 fully saturated rings. The molecular weight excluding hydrogens is 528 g/mol. The van der Waals surface area contributed by atoms with Gasteiger partial charge in [0.1, 0.15) is 16.3 Å². The highest BCUT2D eigenvalue weighted by molar-refractivity contribution is 7.16. The number of rotatable bonds is 7. The molecule has 0 unspecified atom stereocenters. The summed E-state index contributed by atoms with van der Waals surface area (Å²) in [4.78, 5) is 43.3. The zero-order valence-corrected chi connectivity index (χ0v) is 23.6. The second-order valence-electron chi connectivity index (χ2n) is 9.67. The molecule has 1 aliphatic heterocycles. The van der Waals surface area contributed by atoms with Crippen molar-refractivity contribution in [3.63, 3.8) is 0 Å². The summed E-state index contributed by atoms with van der Waals surface area (Å²) in [5.41, 5.74) is 2.69. The number of thiophene rings is 1. The lowest BCUT2D eigenvalue weighted by Crippen LogP contribution is -2.56. The molecule has 1 atom stereocenters. The summed E-state index contributed by atoms with van der Waals surface area (Å²) < 4.78 is 12.5. The Morgan fingerprint density at radius 2 is 1.85 bits per heavy atom. The molecule has 5 rings (SSSR count). The Morgan fingerprint density at radius 1 is 1.05 bits per heavy atom. The van der Waals surface area contributed by atoms with Crippen LogP contribution in [0.2, 0.25) is 0 Å². The number of piperazine rings is 1. The molecule has 1 N–H and O–H groups in total. The second kappa shape index (κ2) is 11.8.